The lowest BCUT2D eigenvalue weighted by molar-refractivity contribution is -0.135. The van der Waals surface area contributed by atoms with Gasteiger partial charge in [-0.2, -0.15) is 0 Å². The SMILES string of the molecule is CCC(CCN)CCC(=O)N1CCC(C(N)=O)CC1. The number of carbonyl (C=O) groups excluding carboxylic acids is 2. The van der Waals surface area contributed by atoms with Crippen molar-refractivity contribution >= 4 is 11.8 Å². The molecular formula is C14H27N3O2. The molecule has 0 spiro atoms. The van der Waals surface area contributed by atoms with Crippen LogP contribution in [0.5, 0.6) is 0 Å². The van der Waals surface area contributed by atoms with Gasteiger partial charge < -0.3 is 16.4 Å². The monoisotopic (exact) mass is 269 g/mol. The second-order valence-corrected chi connectivity index (χ2v) is 5.45. The molecule has 0 aromatic rings. The van der Waals surface area contributed by atoms with Gasteiger partial charge in [-0.1, -0.05) is 13.3 Å². The number of carbonyl (C=O) groups is 2. The maximum absolute atomic E-state index is 12.1. The summed E-state index contributed by atoms with van der Waals surface area (Å²) in [5.74, 6) is 0.473. The summed E-state index contributed by atoms with van der Waals surface area (Å²) in [6.07, 6.45) is 5.01. The first-order chi connectivity index (χ1) is 9.08. The van der Waals surface area contributed by atoms with E-state index in [4.69, 9.17) is 11.5 Å². The lowest BCUT2D eigenvalue weighted by Gasteiger charge is -2.31. The molecule has 1 unspecified atom stereocenters. The van der Waals surface area contributed by atoms with Crippen molar-refractivity contribution in [3.63, 3.8) is 0 Å². The summed E-state index contributed by atoms with van der Waals surface area (Å²) in [5, 5.41) is 0. The molecule has 1 rings (SSSR count). The summed E-state index contributed by atoms with van der Waals surface area (Å²) in [6.45, 7) is 4.17. The molecule has 1 aliphatic heterocycles. The van der Waals surface area contributed by atoms with Crippen LogP contribution in [0.15, 0.2) is 0 Å². The maximum atomic E-state index is 12.1. The van der Waals surface area contributed by atoms with Crippen LogP contribution in [0, 0.1) is 11.8 Å². The molecule has 0 aromatic heterocycles. The van der Waals surface area contributed by atoms with E-state index in [2.05, 4.69) is 6.92 Å². The van der Waals surface area contributed by atoms with Crippen LogP contribution in [-0.4, -0.2) is 36.3 Å². The Hall–Kier alpha value is -1.10. The highest BCUT2D eigenvalue weighted by atomic mass is 16.2. The van der Waals surface area contributed by atoms with E-state index < -0.39 is 0 Å². The number of primary amides is 1. The van der Waals surface area contributed by atoms with Crippen LogP contribution in [0.2, 0.25) is 0 Å². The highest BCUT2D eigenvalue weighted by molar-refractivity contribution is 5.78. The highest BCUT2D eigenvalue weighted by Gasteiger charge is 2.25. The minimum atomic E-state index is -0.235. The summed E-state index contributed by atoms with van der Waals surface area (Å²) >= 11 is 0. The Balaban J connectivity index is 2.29. The molecule has 1 aliphatic rings. The molecule has 1 fully saturated rings. The van der Waals surface area contributed by atoms with Crippen LogP contribution >= 0.6 is 0 Å². The average molecular weight is 269 g/mol. The van der Waals surface area contributed by atoms with Gasteiger partial charge in [0.15, 0.2) is 0 Å². The molecule has 1 saturated heterocycles. The van der Waals surface area contributed by atoms with Gasteiger partial charge in [-0.05, 0) is 38.1 Å². The molecule has 5 nitrogen and oxygen atoms in total. The normalized spacial score (nSPS) is 18.3. The Kier molecular flexibility index (Phi) is 6.84. The Morgan fingerprint density at radius 2 is 1.89 bits per heavy atom. The van der Waals surface area contributed by atoms with Crippen LogP contribution in [0.25, 0.3) is 0 Å². The number of hydrogen-bond acceptors (Lipinski definition) is 3. The molecule has 1 heterocycles. The lowest BCUT2D eigenvalue weighted by Crippen LogP contribution is -2.41. The smallest absolute Gasteiger partial charge is 0.222 e. The molecule has 0 bridgehead atoms. The van der Waals surface area contributed by atoms with Gasteiger partial charge >= 0.3 is 0 Å². The first-order valence-corrected chi connectivity index (χ1v) is 7.35. The fraction of sp³-hybridized carbons (Fsp3) is 0.857. The van der Waals surface area contributed by atoms with Crippen LogP contribution in [0.3, 0.4) is 0 Å². The molecule has 0 aromatic carbocycles. The zero-order valence-corrected chi connectivity index (χ0v) is 11.9. The Bertz CT molecular complexity index is 299. The highest BCUT2D eigenvalue weighted by Crippen LogP contribution is 2.20. The fourth-order valence-corrected chi connectivity index (χ4v) is 2.69. The van der Waals surface area contributed by atoms with Gasteiger partial charge in [-0.15, -0.1) is 0 Å². The third-order valence-electron chi connectivity index (χ3n) is 4.17. The molecule has 0 radical (unpaired) electrons. The fourth-order valence-electron chi connectivity index (χ4n) is 2.69. The van der Waals surface area contributed by atoms with E-state index in [1.807, 2.05) is 4.90 Å². The molecule has 1 atom stereocenters. The number of amides is 2. The predicted octanol–water partition coefficient (Wildman–Crippen LogP) is 0.866. The Morgan fingerprint density at radius 1 is 1.26 bits per heavy atom. The second kappa shape index (κ2) is 8.15. The summed E-state index contributed by atoms with van der Waals surface area (Å²) in [5.41, 5.74) is 10.8. The van der Waals surface area contributed by atoms with Crippen molar-refractivity contribution in [2.24, 2.45) is 23.3 Å². The average Bonchev–Trinajstić information content (AvgIpc) is 2.43. The minimum absolute atomic E-state index is 0.0512. The largest absolute Gasteiger partial charge is 0.369 e. The van der Waals surface area contributed by atoms with Crippen molar-refractivity contribution in [3.05, 3.63) is 0 Å². The molecule has 2 amide bonds. The van der Waals surface area contributed by atoms with Crippen molar-refractivity contribution in [2.45, 2.75) is 45.4 Å². The minimum Gasteiger partial charge on any atom is -0.369 e. The maximum Gasteiger partial charge on any atom is 0.222 e. The van der Waals surface area contributed by atoms with Crippen molar-refractivity contribution < 1.29 is 9.59 Å². The van der Waals surface area contributed by atoms with Gasteiger partial charge in [0, 0.05) is 25.4 Å². The van der Waals surface area contributed by atoms with Crippen molar-refractivity contribution in [1.29, 1.82) is 0 Å². The summed E-state index contributed by atoms with van der Waals surface area (Å²) in [4.78, 5) is 25.0. The molecule has 5 heteroatoms. The van der Waals surface area contributed by atoms with E-state index >= 15 is 0 Å². The topological polar surface area (TPSA) is 89.4 Å². The Labute approximate surface area is 115 Å². The standard InChI is InChI=1S/C14H27N3O2/c1-2-11(5-8-15)3-4-13(18)17-9-6-12(7-10-17)14(16)19/h11-12H,2-10,15H2,1H3,(H2,16,19). The zero-order valence-electron chi connectivity index (χ0n) is 11.9. The number of likely N-dealkylation sites (tertiary alicyclic amines) is 1. The molecule has 0 aliphatic carbocycles. The zero-order chi connectivity index (χ0) is 14.3. The third-order valence-corrected chi connectivity index (χ3v) is 4.17. The van der Waals surface area contributed by atoms with E-state index in [0.717, 1.165) is 19.3 Å². The number of nitrogens with two attached hydrogens (primary N) is 2. The summed E-state index contributed by atoms with van der Waals surface area (Å²) in [6, 6.07) is 0. The second-order valence-electron chi connectivity index (χ2n) is 5.45. The van der Waals surface area contributed by atoms with E-state index in [1.165, 1.54) is 0 Å². The van der Waals surface area contributed by atoms with Crippen LogP contribution < -0.4 is 11.5 Å². The van der Waals surface area contributed by atoms with Crippen LogP contribution in [-0.2, 0) is 9.59 Å². The summed E-state index contributed by atoms with van der Waals surface area (Å²) in [7, 11) is 0. The van der Waals surface area contributed by atoms with Crippen LogP contribution in [0.4, 0.5) is 0 Å². The Morgan fingerprint density at radius 3 is 2.37 bits per heavy atom. The number of rotatable bonds is 7. The van der Waals surface area contributed by atoms with Crippen molar-refractivity contribution in [3.8, 4) is 0 Å². The number of piperidine rings is 1. The lowest BCUT2D eigenvalue weighted by atomic mass is 9.94. The first-order valence-electron chi connectivity index (χ1n) is 7.35. The van der Waals surface area contributed by atoms with Crippen molar-refractivity contribution in [2.75, 3.05) is 19.6 Å². The van der Waals surface area contributed by atoms with Gasteiger partial charge in [-0.3, -0.25) is 9.59 Å². The summed E-state index contributed by atoms with van der Waals surface area (Å²) < 4.78 is 0. The van der Waals surface area contributed by atoms with E-state index in [1.54, 1.807) is 0 Å². The molecule has 4 N–H and O–H groups in total. The molecule has 110 valence electrons. The molecular weight excluding hydrogens is 242 g/mol. The molecule has 0 saturated carbocycles. The van der Waals surface area contributed by atoms with Gasteiger partial charge in [0.25, 0.3) is 0 Å². The van der Waals surface area contributed by atoms with Gasteiger partial charge in [0.05, 0.1) is 0 Å². The van der Waals surface area contributed by atoms with E-state index in [9.17, 15) is 9.59 Å². The quantitative estimate of drug-likeness (QED) is 0.718. The third kappa shape index (κ3) is 5.19. The number of hydrogen-bond donors (Lipinski definition) is 2. The number of nitrogens with zero attached hydrogens (tertiary/aromatic N) is 1. The van der Waals surface area contributed by atoms with E-state index in [0.29, 0.717) is 44.8 Å². The van der Waals surface area contributed by atoms with E-state index in [-0.39, 0.29) is 17.7 Å². The van der Waals surface area contributed by atoms with Crippen molar-refractivity contribution in [1.82, 2.24) is 4.90 Å². The van der Waals surface area contributed by atoms with Crippen LogP contribution in [0.1, 0.15) is 45.4 Å². The predicted molar refractivity (Wildman–Crippen MR) is 75.2 cm³/mol. The first kappa shape index (κ1) is 16.0. The van der Waals surface area contributed by atoms with Gasteiger partial charge in [-0.25, -0.2) is 0 Å². The molecule has 19 heavy (non-hydrogen) atoms. The van der Waals surface area contributed by atoms with Gasteiger partial charge in [0.2, 0.25) is 11.8 Å². The van der Waals surface area contributed by atoms with Gasteiger partial charge in [0.1, 0.15) is 0 Å².